The fraction of sp³-hybridized carbons (Fsp3) is 0.545. The molecule has 2 heterocycles. The summed E-state index contributed by atoms with van der Waals surface area (Å²) in [6, 6.07) is 0. The molecule has 1 aliphatic heterocycles. The molecule has 10 heteroatoms. The molecule has 2 rings (SSSR count). The van der Waals surface area contributed by atoms with Gasteiger partial charge in [0.05, 0.1) is 6.10 Å². The molecule has 0 radical (unpaired) electrons. The predicted octanol–water partition coefficient (Wildman–Crippen LogP) is -2.50. The summed E-state index contributed by atoms with van der Waals surface area (Å²) < 4.78 is 5.88. The number of hydrogen-bond donors (Lipinski definition) is 4. The van der Waals surface area contributed by atoms with E-state index in [1.54, 1.807) is 0 Å². The van der Waals surface area contributed by atoms with Crippen LogP contribution in [0.5, 0.6) is 0 Å². The van der Waals surface area contributed by atoms with Gasteiger partial charge in [-0.15, -0.1) is 0 Å². The van der Waals surface area contributed by atoms with Crippen molar-refractivity contribution in [3.63, 3.8) is 0 Å². The van der Waals surface area contributed by atoms with Gasteiger partial charge in [0.2, 0.25) is 5.60 Å². The smallest absolute Gasteiger partial charge is 0.347 e. The van der Waals surface area contributed by atoms with E-state index in [0.29, 0.717) is 4.68 Å². The second-order valence-corrected chi connectivity index (χ2v) is 4.76. The van der Waals surface area contributed by atoms with Crippen LogP contribution in [0.4, 0.5) is 0 Å². The van der Waals surface area contributed by atoms with Gasteiger partial charge in [0.1, 0.15) is 18.4 Å². The summed E-state index contributed by atoms with van der Waals surface area (Å²) in [7, 11) is 0. The number of aliphatic hydroxyl groups excluding tert-OH is 2. The molecule has 1 aromatic rings. The van der Waals surface area contributed by atoms with E-state index in [1.807, 2.05) is 10.4 Å². The first kappa shape index (κ1) is 15.7. The fourth-order valence-corrected chi connectivity index (χ4v) is 2.24. The van der Waals surface area contributed by atoms with Gasteiger partial charge in [-0.25, -0.2) is 4.79 Å². The number of nitrogens with one attached hydrogen (secondary N) is 1. The Morgan fingerprint density at radius 1 is 1.62 bits per heavy atom. The number of rotatable bonds is 2. The monoisotopic (exact) mass is 317 g/mol. The SMILES string of the molecule is C[C@@H](O)[C@H]1O[C@@H](n2ncc(=O)[nH]c2=O)C(O)(C#CCl)C1O. The highest BCUT2D eigenvalue weighted by atomic mass is 35.5. The zero-order chi connectivity index (χ0) is 15.8. The van der Waals surface area contributed by atoms with Crippen molar-refractivity contribution in [3.8, 4) is 11.3 Å². The van der Waals surface area contributed by atoms with E-state index in [9.17, 15) is 24.9 Å². The van der Waals surface area contributed by atoms with Gasteiger partial charge < -0.3 is 20.1 Å². The van der Waals surface area contributed by atoms with Crippen molar-refractivity contribution in [2.24, 2.45) is 0 Å². The highest BCUT2D eigenvalue weighted by Crippen LogP contribution is 2.38. The topological polar surface area (TPSA) is 138 Å². The molecular formula is C11H12ClN3O6. The molecule has 0 aromatic carbocycles. The first-order valence-electron chi connectivity index (χ1n) is 5.86. The molecule has 4 N–H and O–H groups in total. The minimum absolute atomic E-state index is 0.605. The Balaban J connectivity index is 2.56. The lowest BCUT2D eigenvalue weighted by atomic mass is 9.93. The molecule has 0 bridgehead atoms. The number of ether oxygens (including phenoxy) is 1. The third-order valence-electron chi connectivity index (χ3n) is 3.11. The lowest BCUT2D eigenvalue weighted by molar-refractivity contribution is -0.0947. The van der Waals surface area contributed by atoms with E-state index in [2.05, 4.69) is 11.0 Å². The van der Waals surface area contributed by atoms with E-state index in [0.717, 1.165) is 6.20 Å². The molecule has 0 spiro atoms. The van der Waals surface area contributed by atoms with Crippen molar-refractivity contribution in [1.82, 2.24) is 14.8 Å². The van der Waals surface area contributed by atoms with Crippen LogP contribution in [0.3, 0.4) is 0 Å². The first-order valence-corrected chi connectivity index (χ1v) is 6.24. The van der Waals surface area contributed by atoms with Crippen LogP contribution in [0.15, 0.2) is 15.8 Å². The molecule has 2 unspecified atom stereocenters. The normalized spacial score (nSPS) is 33.3. The summed E-state index contributed by atoms with van der Waals surface area (Å²) in [4.78, 5) is 24.7. The summed E-state index contributed by atoms with van der Waals surface area (Å²) in [5.41, 5.74) is -3.99. The minimum atomic E-state index is -2.28. The molecule has 1 aliphatic rings. The van der Waals surface area contributed by atoms with Crippen LogP contribution in [0, 0.1) is 11.3 Å². The number of aromatic amines is 1. The fourth-order valence-electron chi connectivity index (χ4n) is 2.09. The summed E-state index contributed by atoms with van der Waals surface area (Å²) in [6.07, 6.45) is -4.79. The second kappa shape index (κ2) is 5.59. The molecule has 1 fully saturated rings. The van der Waals surface area contributed by atoms with Crippen LogP contribution in [0.25, 0.3) is 0 Å². The third-order valence-corrected chi connectivity index (χ3v) is 3.20. The minimum Gasteiger partial charge on any atom is -0.391 e. The Hall–Kier alpha value is -1.70. The average Bonchev–Trinajstić information content (AvgIpc) is 2.64. The van der Waals surface area contributed by atoms with Crippen LogP contribution in [-0.4, -0.2) is 54.0 Å². The van der Waals surface area contributed by atoms with E-state index in [4.69, 9.17) is 16.3 Å². The van der Waals surface area contributed by atoms with Gasteiger partial charge in [0.25, 0.3) is 5.56 Å². The molecule has 9 nitrogen and oxygen atoms in total. The van der Waals surface area contributed by atoms with Gasteiger partial charge >= 0.3 is 5.69 Å². The molecule has 5 atom stereocenters. The number of hydrogen-bond acceptors (Lipinski definition) is 7. The lowest BCUT2D eigenvalue weighted by Crippen LogP contribution is -2.49. The Morgan fingerprint density at radius 3 is 2.81 bits per heavy atom. The molecule has 0 saturated carbocycles. The van der Waals surface area contributed by atoms with Crippen LogP contribution in [-0.2, 0) is 4.74 Å². The van der Waals surface area contributed by atoms with Gasteiger partial charge in [-0.2, -0.15) is 9.78 Å². The van der Waals surface area contributed by atoms with Crippen molar-refractivity contribution >= 4 is 11.6 Å². The summed E-state index contributed by atoms with van der Waals surface area (Å²) in [6.45, 7) is 1.33. The maximum atomic E-state index is 11.7. The summed E-state index contributed by atoms with van der Waals surface area (Å²) in [5.74, 6) is 2.14. The van der Waals surface area contributed by atoms with Gasteiger partial charge in [-0.05, 0) is 24.4 Å². The van der Waals surface area contributed by atoms with Crippen LogP contribution in [0.1, 0.15) is 13.2 Å². The molecular weight excluding hydrogens is 306 g/mol. The van der Waals surface area contributed by atoms with Gasteiger partial charge in [0.15, 0.2) is 6.23 Å². The quantitative estimate of drug-likeness (QED) is 0.442. The number of aliphatic hydroxyl groups is 3. The Labute approximate surface area is 122 Å². The molecule has 1 aromatic heterocycles. The number of aromatic nitrogens is 3. The maximum Gasteiger partial charge on any atom is 0.347 e. The molecule has 0 amide bonds. The van der Waals surface area contributed by atoms with Crippen LogP contribution in [0.2, 0.25) is 0 Å². The molecule has 0 aliphatic carbocycles. The zero-order valence-corrected chi connectivity index (χ0v) is 11.5. The van der Waals surface area contributed by atoms with E-state index >= 15 is 0 Å². The van der Waals surface area contributed by atoms with E-state index in [1.165, 1.54) is 6.92 Å². The standard InChI is InChI=1S/C11H12ClN3O6/c1-5(16)7-8(18)11(20,2-3-12)9(21-7)15-10(19)14-6(17)4-13-15/h4-5,7-9,16,18,20H,1H3,(H,14,17,19)/t5-,7-,8?,9-,11?/m1/s1. The Morgan fingerprint density at radius 2 is 2.29 bits per heavy atom. The molecule has 1 saturated heterocycles. The summed E-state index contributed by atoms with van der Waals surface area (Å²) in [5, 5.41) is 35.5. The molecule has 114 valence electrons. The molecule has 21 heavy (non-hydrogen) atoms. The predicted molar refractivity (Wildman–Crippen MR) is 69.3 cm³/mol. The maximum absolute atomic E-state index is 11.7. The van der Waals surface area contributed by atoms with Crippen molar-refractivity contribution in [2.75, 3.05) is 0 Å². The lowest BCUT2D eigenvalue weighted by Gasteiger charge is -2.25. The highest BCUT2D eigenvalue weighted by Gasteiger charge is 2.57. The van der Waals surface area contributed by atoms with Crippen molar-refractivity contribution in [2.45, 2.75) is 37.1 Å². The average molecular weight is 318 g/mol. The largest absolute Gasteiger partial charge is 0.391 e. The van der Waals surface area contributed by atoms with Gasteiger partial charge in [-0.1, -0.05) is 0 Å². The van der Waals surface area contributed by atoms with Crippen molar-refractivity contribution in [1.29, 1.82) is 0 Å². The second-order valence-electron chi connectivity index (χ2n) is 4.57. The Bertz CT molecular complexity index is 704. The zero-order valence-electron chi connectivity index (χ0n) is 10.7. The van der Waals surface area contributed by atoms with E-state index in [-0.39, 0.29) is 0 Å². The number of halogens is 1. The van der Waals surface area contributed by atoms with Crippen LogP contribution < -0.4 is 11.2 Å². The first-order chi connectivity index (χ1) is 9.81. The van der Waals surface area contributed by atoms with E-state index < -0.39 is 41.4 Å². The van der Waals surface area contributed by atoms with Crippen LogP contribution >= 0.6 is 11.6 Å². The van der Waals surface area contributed by atoms with Crippen molar-refractivity contribution in [3.05, 3.63) is 27.0 Å². The van der Waals surface area contributed by atoms with Gasteiger partial charge in [-0.3, -0.25) is 9.78 Å². The van der Waals surface area contributed by atoms with Gasteiger partial charge in [0, 0.05) is 5.38 Å². The van der Waals surface area contributed by atoms with Crippen molar-refractivity contribution < 1.29 is 20.1 Å². The third kappa shape index (κ3) is 2.59. The summed E-state index contributed by atoms with van der Waals surface area (Å²) >= 11 is 5.27. The Kier molecular flexibility index (Phi) is 4.18. The highest BCUT2D eigenvalue weighted by molar-refractivity contribution is 6.30. The number of H-pyrrole nitrogens is 1. The number of nitrogens with zero attached hydrogens (tertiary/aromatic N) is 2.